The van der Waals surface area contributed by atoms with Crippen molar-refractivity contribution in [2.45, 2.75) is 33.4 Å². The minimum atomic E-state index is -2.83. The minimum absolute atomic E-state index is 0.0419. The van der Waals surface area contributed by atoms with Crippen molar-refractivity contribution in [1.29, 1.82) is 0 Å². The van der Waals surface area contributed by atoms with E-state index in [9.17, 15) is 13.6 Å². The van der Waals surface area contributed by atoms with Crippen molar-refractivity contribution in [2.24, 2.45) is 0 Å². The molecule has 0 fully saturated rings. The predicted molar refractivity (Wildman–Crippen MR) is 73.6 cm³/mol. The van der Waals surface area contributed by atoms with Gasteiger partial charge in [-0.3, -0.25) is 4.79 Å². The Balaban J connectivity index is 2.64. The van der Waals surface area contributed by atoms with Crippen molar-refractivity contribution in [3.05, 3.63) is 41.5 Å². The van der Waals surface area contributed by atoms with Crippen LogP contribution < -0.4 is 4.74 Å². The highest BCUT2D eigenvalue weighted by Gasteiger charge is 2.11. The van der Waals surface area contributed by atoms with Crippen molar-refractivity contribution in [2.75, 3.05) is 7.05 Å². The van der Waals surface area contributed by atoms with Crippen LogP contribution in [0.3, 0.4) is 0 Å². The van der Waals surface area contributed by atoms with Crippen molar-refractivity contribution < 1.29 is 18.3 Å². The number of nitrogens with zero attached hydrogens (tertiary/aromatic N) is 1. The van der Waals surface area contributed by atoms with Gasteiger partial charge < -0.3 is 9.64 Å². The molecule has 0 aliphatic heterocycles. The molecule has 0 radical (unpaired) electrons. The Morgan fingerprint density at radius 3 is 2.45 bits per heavy atom. The Labute approximate surface area is 117 Å². The molecule has 0 heterocycles. The molecule has 1 aromatic rings. The number of allylic oxidation sites excluding steroid dienone is 1. The summed E-state index contributed by atoms with van der Waals surface area (Å²) in [5.74, 6) is 0.0690. The SMILES string of the molecule is CCC=C(C)C(=O)N(C)Cc1ccc(OC(F)F)cc1. The van der Waals surface area contributed by atoms with Crippen LogP contribution in [0.25, 0.3) is 0 Å². The molecule has 110 valence electrons. The molecule has 20 heavy (non-hydrogen) atoms. The molecule has 5 heteroatoms. The Hall–Kier alpha value is -1.91. The molecule has 1 rings (SSSR count). The highest BCUT2D eigenvalue weighted by atomic mass is 19.3. The summed E-state index contributed by atoms with van der Waals surface area (Å²) in [7, 11) is 1.71. The van der Waals surface area contributed by atoms with E-state index in [1.165, 1.54) is 12.1 Å². The molecule has 1 aromatic carbocycles. The molecule has 0 saturated carbocycles. The number of carbonyl (C=O) groups excluding carboxylic acids is 1. The zero-order valence-corrected chi connectivity index (χ0v) is 11.9. The van der Waals surface area contributed by atoms with Crippen LogP contribution in [0.2, 0.25) is 0 Å². The normalized spacial score (nSPS) is 11.6. The first-order chi connectivity index (χ1) is 9.43. The highest BCUT2D eigenvalue weighted by molar-refractivity contribution is 5.92. The highest BCUT2D eigenvalue weighted by Crippen LogP contribution is 2.16. The van der Waals surface area contributed by atoms with E-state index in [1.807, 2.05) is 13.0 Å². The van der Waals surface area contributed by atoms with Crippen LogP contribution in [0.1, 0.15) is 25.8 Å². The second kappa shape index (κ2) is 7.62. The molecule has 0 aromatic heterocycles. The molecule has 0 spiro atoms. The number of hydrogen-bond donors (Lipinski definition) is 0. The first-order valence-electron chi connectivity index (χ1n) is 6.40. The fourth-order valence-corrected chi connectivity index (χ4v) is 1.82. The van der Waals surface area contributed by atoms with Gasteiger partial charge in [-0.1, -0.05) is 25.1 Å². The second-order valence-corrected chi connectivity index (χ2v) is 4.48. The summed E-state index contributed by atoms with van der Waals surface area (Å²) >= 11 is 0. The number of carbonyl (C=O) groups is 1. The second-order valence-electron chi connectivity index (χ2n) is 4.48. The van der Waals surface area contributed by atoms with E-state index in [1.54, 1.807) is 31.0 Å². The van der Waals surface area contributed by atoms with E-state index < -0.39 is 6.61 Å². The molecule has 0 saturated heterocycles. The number of hydrogen-bond acceptors (Lipinski definition) is 2. The zero-order chi connectivity index (χ0) is 15.1. The van der Waals surface area contributed by atoms with Crippen LogP contribution in [0, 0.1) is 0 Å². The number of benzene rings is 1. The Kier molecular flexibility index (Phi) is 6.15. The lowest BCUT2D eigenvalue weighted by Gasteiger charge is -2.18. The van der Waals surface area contributed by atoms with E-state index in [0.29, 0.717) is 12.1 Å². The zero-order valence-electron chi connectivity index (χ0n) is 11.9. The molecule has 0 unspecified atom stereocenters. The van der Waals surface area contributed by atoms with Gasteiger partial charge in [0.05, 0.1) is 0 Å². The molecular weight excluding hydrogens is 264 g/mol. The fourth-order valence-electron chi connectivity index (χ4n) is 1.82. The van der Waals surface area contributed by atoms with E-state index >= 15 is 0 Å². The summed E-state index contributed by atoms with van der Waals surface area (Å²) in [6.45, 7) is 1.34. The number of rotatable bonds is 6. The topological polar surface area (TPSA) is 29.5 Å². The quantitative estimate of drug-likeness (QED) is 0.746. The summed E-state index contributed by atoms with van der Waals surface area (Å²) in [5, 5.41) is 0. The Morgan fingerprint density at radius 2 is 1.95 bits per heavy atom. The van der Waals surface area contributed by atoms with Gasteiger partial charge in [0.15, 0.2) is 0 Å². The standard InChI is InChI=1S/C15H19F2NO2/c1-4-5-11(2)14(19)18(3)10-12-6-8-13(9-7-12)20-15(16)17/h5-9,15H,4,10H2,1-3H3. The number of alkyl halides is 2. The van der Waals surface area contributed by atoms with Crippen LogP contribution in [0.15, 0.2) is 35.9 Å². The van der Waals surface area contributed by atoms with E-state index in [2.05, 4.69) is 4.74 Å². The maximum atomic E-state index is 12.0. The third kappa shape index (κ3) is 4.99. The van der Waals surface area contributed by atoms with Crippen molar-refractivity contribution in [1.82, 2.24) is 4.90 Å². The van der Waals surface area contributed by atoms with Crippen molar-refractivity contribution >= 4 is 5.91 Å². The fraction of sp³-hybridized carbons (Fsp3) is 0.400. The van der Waals surface area contributed by atoms with Gasteiger partial charge in [0.1, 0.15) is 5.75 Å². The van der Waals surface area contributed by atoms with Gasteiger partial charge in [-0.05, 0) is 31.0 Å². The molecule has 0 N–H and O–H groups in total. The molecule has 0 aliphatic carbocycles. The smallest absolute Gasteiger partial charge is 0.387 e. The van der Waals surface area contributed by atoms with Crippen molar-refractivity contribution in [3.63, 3.8) is 0 Å². The first kappa shape index (κ1) is 16.1. The average Bonchev–Trinajstić information content (AvgIpc) is 2.39. The summed E-state index contributed by atoms with van der Waals surface area (Å²) in [6.07, 6.45) is 2.68. The van der Waals surface area contributed by atoms with Crippen molar-refractivity contribution in [3.8, 4) is 5.75 Å². The Bertz CT molecular complexity index is 469. The van der Waals surface area contributed by atoms with Crippen LogP contribution in [0.4, 0.5) is 8.78 Å². The number of likely N-dealkylation sites (N-methyl/N-ethyl adjacent to an activating group) is 1. The lowest BCUT2D eigenvalue weighted by atomic mass is 10.2. The average molecular weight is 283 g/mol. The molecule has 0 atom stereocenters. The lowest BCUT2D eigenvalue weighted by Crippen LogP contribution is -2.26. The molecule has 0 aliphatic rings. The van der Waals surface area contributed by atoms with E-state index in [0.717, 1.165) is 12.0 Å². The van der Waals surface area contributed by atoms with E-state index in [4.69, 9.17) is 0 Å². The summed E-state index contributed by atoms with van der Waals surface area (Å²) in [6, 6.07) is 6.27. The van der Waals surface area contributed by atoms with Gasteiger partial charge in [-0.2, -0.15) is 8.78 Å². The van der Waals surface area contributed by atoms with Crippen LogP contribution in [-0.4, -0.2) is 24.5 Å². The van der Waals surface area contributed by atoms with Gasteiger partial charge in [-0.15, -0.1) is 0 Å². The number of ether oxygens (including phenoxy) is 1. The number of halogens is 2. The summed E-state index contributed by atoms with van der Waals surface area (Å²) in [5.41, 5.74) is 1.56. The van der Waals surface area contributed by atoms with Gasteiger partial charge in [0.2, 0.25) is 5.91 Å². The molecule has 0 bridgehead atoms. The first-order valence-corrected chi connectivity index (χ1v) is 6.40. The van der Waals surface area contributed by atoms with E-state index in [-0.39, 0.29) is 11.7 Å². The largest absolute Gasteiger partial charge is 0.435 e. The summed E-state index contributed by atoms with van der Waals surface area (Å²) < 4.78 is 28.3. The molecule has 3 nitrogen and oxygen atoms in total. The third-order valence-corrected chi connectivity index (χ3v) is 2.76. The van der Waals surface area contributed by atoms with Crippen LogP contribution >= 0.6 is 0 Å². The predicted octanol–water partition coefficient (Wildman–Crippen LogP) is 3.60. The van der Waals surface area contributed by atoms with Gasteiger partial charge in [0, 0.05) is 19.2 Å². The molecule has 1 amide bonds. The van der Waals surface area contributed by atoms with Crippen LogP contribution in [-0.2, 0) is 11.3 Å². The van der Waals surface area contributed by atoms with Gasteiger partial charge in [0.25, 0.3) is 0 Å². The molecular formula is C15H19F2NO2. The maximum absolute atomic E-state index is 12.0. The minimum Gasteiger partial charge on any atom is -0.435 e. The monoisotopic (exact) mass is 283 g/mol. The lowest BCUT2D eigenvalue weighted by molar-refractivity contribution is -0.126. The van der Waals surface area contributed by atoms with Gasteiger partial charge in [-0.25, -0.2) is 0 Å². The number of amides is 1. The van der Waals surface area contributed by atoms with Gasteiger partial charge >= 0.3 is 6.61 Å². The van der Waals surface area contributed by atoms with Crippen LogP contribution in [0.5, 0.6) is 5.75 Å². The third-order valence-electron chi connectivity index (χ3n) is 2.76. The maximum Gasteiger partial charge on any atom is 0.387 e. The Morgan fingerprint density at radius 1 is 1.35 bits per heavy atom. The summed E-state index contributed by atoms with van der Waals surface area (Å²) in [4.78, 5) is 13.6.